The summed E-state index contributed by atoms with van der Waals surface area (Å²) in [6.07, 6.45) is 3.46. The molecule has 2 atom stereocenters. The van der Waals surface area contributed by atoms with Gasteiger partial charge in [0.15, 0.2) is 5.78 Å². The van der Waals surface area contributed by atoms with Gasteiger partial charge in [0.2, 0.25) is 0 Å². The van der Waals surface area contributed by atoms with Gasteiger partial charge in [-0.05, 0) is 33.1 Å². The van der Waals surface area contributed by atoms with Crippen molar-refractivity contribution in [3.63, 3.8) is 0 Å². The molecule has 0 spiro atoms. The zero-order chi connectivity index (χ0) is 8.72. The molecular formula is C10H15NO. The molecule has 0 saturated carbocycles. The van der Waals surface area contributed by atoms with Crippen molar-refractivity contribution in [1.82, 2.24) is 5.32 Å². The lowest BCUT2D eigenvalue weighted by atomic mass is 9.94. The van der Waals surface area contributed by atoms with Crippen molar-refractivity contribution in [2.75, 3.05) is 0 Å². The second kappa shape index (κ2) is 2.70. The lowest BCUT2D eigenvalue weighted by molar-refractivity contribution is -0.114. The van der Waals surface area contributed by atoms with Gasteiger partial charge in [-0.1, -0.05) is 5.57 Å². The molecule has 1 saturated heterocycles. The summed E-state index contributed by atoms with van der Waals surface area (Å²) in [5.74, 6) is 0.255. The SMILES string of the molecule is CC(=O)C1=C(C)CC2CCC1N2. The predicted octanol–water partition coefficient (Wildman–Crippen LogP) is 1.42. The molecule has 0 aromatic rings. The Hall–Kier alpha value is -0.630. The van der Waals surface area contributed by atoms with Crippen LogP contribution in [0.1, 0.15) is 33.1 Å². The molecule has 1 N–H and O–H groups in total. The summed E-state index contributed by atoms with van der Waals surface area (Å²) in [7, 11) is 0. The Balaban J connectivity index is 2.33. The normalized spacial score (nSPS) is 34.2. The summed E-state index contributed by atoms with van der Waals surface area (Å²) in [5, 5.41) is 3.47. The number of rotatable bonds is 1. The van der Waals surface area contributed by atoms with Crippen LogP contribution in [0.5, 0.6) is 0 Å². The number of hydrogen-bond acceptors (Lipinski definition) is 2. The molecule has 2 rings (SSSR count). The van der Waals surface area contributed by atoms with Crippen LogP contribution in [-0.4, -0.2) is 17.9 Å². The van der Waals surface area contributed by atoms with Crippen LogP contribution in [-0.2, 0) is 4.79 Å². The fourth-order valence-corrected chi connectivity index (χ4v) is 2.53. The number of ketones is 1. The summed E-state index contributed by atoms with van der Waals surface area (Å²) < 4.78 is 0. The van der Waals surface area contributed by atoms with Crippen LogP contribution >= 0.6 is 0 Å². The van der Waals surface area contributed by atoms with Gasteiger partial charge < -0.3 is 5.32 Å². The zero-order valence-corrected chi connectivity index (χ0v) is 7.68. The number of Topliss-reactive ketones (excluding diaryl/α,β-unsaturated/α-hetero) is 1. The van der Waals surface area contributed by atoms with Gasteiger partial charge in [-0.3, -0.25) is 4.79 Å². The third-order valence-electron chi connectivity index (χ3n) is 2.98. The number of carbonyl (C=O) groups excluding carboxylic acids is 1. The Morgan fingerprint density at radius 1 is 1.50 bits per heavy atom. The van der Waals surface area contributed by atoms with Gasteiger partial charge in [0, 0.05) is 17.7 Å². The fourth-order valence-electron chi connectivity index (χ4n) is 2.53. The molecule has 0 aliphatic carbocycles. The van der Waals surface area contributed by atoms with E-state index in [1.807, 2.05) is 0 Å². The van der Waals surface area contributed by atoms with E-state index in [1.54, 1.807) is 6.92 Å². The van der Waals surface area contributed by atoms with E-state index in [2.05, 4.69) is 12.2 Å². The zero-order valence-electron chi connectivity index (χ0n) is 7.68. The van der Waals surface area contributed by atoms with E-state index in [0.717, 1.165) is 18.4 Å². The highest BCUT2D eigenvalue weighted by atomic mass is 16.1. The van der Waals surface area contributed by atoms with Crippen molar-refractivity contribution in [2.24, 2.45) is 0 Å². The highest BCUT2D eigenvalue weighted by molar-refractivity contribution is 5.95. The molecule has 0 aromatic carbocycles. The topological polar surface area (TPSA) is 29.1 Å². The number of hydrogen-bond donors (Lipinski definition) is 1. The molecule has 1 fully saturated rings. The molecule has 2 aliphatic heterocycles. The fraction of sp³-hybridized carbons (Fsp3) is 0.700. The van der Waals surface area contributed by atoms with Crippen LogP contribution in [0.3, 0.4) is 0 Å². The molecule has 2 nitrogen and oxygen atoms in total. The third-order valence-corrected chi connectivity index (χ3v) is 2.98. The molecule has 66 valence electrons. The average molecular weight is 165 g/mol. The van der Waals surface area contributed by atoms with E-state index in [9.17, 15) is 4.79 Å². The first-order valence-electron chi connectivity index (χ1n) is 4.65. The smallest absolute Gasteiger partial charge is 0.157 e. The van der Waals surface area contributed by atoms with Crippen molar-refractivity contribution in [2.45, 2.75) is 45.2 Å². The van der Waals surface area contributed by atoms with E-state index < -0.39 is 0 Å². The van der Waals surface area contributed by atoms with Crippen molar-refractivity contribution in [1.29, 1.82) is 0 Å². The standard InChI is InChI=1S/C10H15NO/c1-6-5-8-3-4-9(11-8)10(6)7(2)12/h8-9,11H,3-5H2,1-2H3. The van der Waals surface area contributed by atoms with Crippen LogP contribution in [0, 0.1) is 0 Å². The first kappa shape index (κ1) is 7.99. The second-order valence-electron chi connectivity index (χ2n) is 3.95. The minimum Gasteiger partial charge on any atom is -0.307 e. The highest BCUT2D eigenvalue weighted by Crippen LogP contribution is 2.31. The van der Waals surface area contributed by atoms with Gasteiger partial charge in [-0.25, -0.2) is 0 Å². The lowest BCUT2D eigenvalue weighted by Crippen LogP contribution is -2.37. The largest absolute Gasteiger partial charge is 0.307 e. The monoisotopic (exact) mass is 165 g/mol. The minimum atomic E-state index is 0.255. The van der Waals surface area contributed by atoms with Gasteiger partial charge >= 0.3 is 0 Å². The van der Waals surface area contributed by atoms with E-state index in [1.165, 1.54) is 12.0 Å². The summed E-state index contributed by atoms with van der Waals surface area (Å²) in [6.45, 7) is 3.78. The van der Waals surface area contributed by atoms with Crippen LogP contribution < -0.4 is 5.32 Å². The first-order chi connectivity index (χ1) is 5.68. The minimum absolute atomic E-state index is 0.255. The second-order valence-corrected chi connectivity index (χ2v) is 3.95. The van der Waals surface area contributed by atoms with Gasteiger partial charge in [0.25, 0.3) is 0 Å². The molecule has 0 amide bonds. The van der Waals surface area contributed by atoms with Crippen molar-refractivity contribution in [3.05, 3.63) is 11.1 Å². The van der Waals surface area contributed by atoms with Crippen LogP contribution in [0.15, 0.2) is 11.1 Å². The molecule has 2 unspecified atom stereocenters. The maximum absolute atomic E-state index is 11.3. The van der Waals surface area contributed by atoms with Crippen LogP contribution in [0.25, 0.3) is 0 Å². The van der Waals surface area contributed by atoms with Crippen molar-refractivity contribution >= 4 is 5.78 Å². The van der Waals surface area contributed by atoms with E-state index in [0.29, 0.717) is 12.1 Å². The van der Waals surface area contributed by atoms with Crippen molar-refractivity contribution in [3.8, 4) is 0 Å². The molecular weight excluding hydrogens is 150 g/mol. The molecule has 0 aromatic heterocycles. The van der Waals surface area contributed by atoms with Gasteiger partial charge in [-0.15, -0.1) is 0 Å². The molecule has 2 bridgehead atoms. The Kier molecular flexibility index (Phi) is 1.80. The number of fused-ring (bicyclic) bond motifs is 2. The Morgan fingerprint density at radius 3 is 2.92 bits per heavy atom. The molecule has 2 heteroatoms. The average Bonchev–Trinajstić information content (AvgIpc) is 2.31. The molecule has 2 aliphatic rings. The first-order valence-corrected chi connectivity index (χ1v) is 4.65. The van der Waals surface area contributed by atoms with E-state index in [4.69, 9.17) is 0 Å². The van der Waals surface area contributed by atoms with Crippen LogP contribution in [0.2, 0.25) is 0 Å². The van der Waals surface area contributed by atoms with E-state index >= 15 is 0 Å². The lowest BCUT2D eigenvalue weighted by Gasteiger charge is -2.24. The van der Waals surface area contributed by atoms with Gasteiger partial charge in [0.1, 0.15) is 0 Å². The molecule has 2 heterocycles. The molecule has 12 heavy (non-hydrogen) atoms. The van der Waals surface area contributed by atoms with Crippen molar-refractivity contribution < 1.29 is 4.79 Å². The Morgan fingerprint density at radius 2 is 2.25 bits per heavy atom. The summed E-state index contributed by atoms with van der Waals surface area (Å²) in [6, 6.07) is 1.03. The number of nitrogens with one attached hydrogen (secondary N) is 1. The third kappa shape index (κ3) is 1.11. The Bertz CT molecular complexity index is 255. The number of carbonyl (C=O) groups is 1. The predicted molar refractivity (Wildman–Crippen MR) is 47.9 cm³/mol. The summed E-state index contributed by atoms with van der Waals surface area (Å²) in [4.78, 5) is 11.3. The summed E-state index contributed by atoms with van der Waals surface area (Å²) >= 11 is 0. The maximum Gasteiger partial charge on any atom is 0.157 e. The molecule has 0 radical (unpaired) electrons. The van der Waals surface area contributed by atoms with Gasteiger partial charge in [-0.2, -0.15) is 0 Å². The Labute approximate surface area is 73.0 Å². The van der Waals surface area contributed by atoms with E-state index in [-0.39, 0.29) is 5.78 Å². The summed E-state index contributed by atoms with van der Waals surface area (Å²) in [5.41, 5.74) is 2.37. The van der Waals surface area contributed by atoms with Gasteiger partial charge in [0.05, 0.1) is 0 Å². The quantitative estimate of drug-likeness (QED) is 0.636. The maximum atomic E-state index is 11.3. The van der Waals surface area contributed by atoms with Crippen LogP contribution in [0.4, 0.5) is 0 Å². The highest BCUT2D eigenvalue weighted by Gasteiger charge is 2.33.